The molecule has 1 heterocycles. The van der Waals surface area contributed by atoms with Crippen molar-refractivity contribution in [1.29, 1.82) is 0 Å². The van der Waals surface area contributed by atoms with Crippen LogP contribution < -0.4 is 15.4 Å². The van der Waals surface area contributed by atoms with E-state index in [-0.39, 0.29) is 30.2 Å². The van der Waals surface area contributed by atoms with Crippen LogP contribution in [0.4, 0.5) is 13.6 Å². The first kappa shape index (κ1) is 24.4. The summed E-state index contributed by atoms with van der Waals surface area (Å²) in [4.78, 5) is 37.1. The average molecular weight is 472 g/mol. The van der Waals surface area contributed by atoms with Crippen LogP contribution in [0.1, 0.15) is 24.1 Å². The van der Waals surface area contributed by atoms with Crippen molar-refractivity contribution in [3.8, 4) is 5.75 Å². The van der Waals surface area contributed by atoms with E-state index in [4.69, 9.17) is 9.47 Å². The van der Waals surface area contributed by atoms with Crippen LogP contribution in [0.3, 0.4) is 0 Å². The summed E-state index contributed by atoms with van der Waals surface area (Å²) in [5, 5.41) is 5.19. The van der Waals surface area contributed by atoms with Crippen molar-refractivity contribution in [3.63, 3.8) is 0 Å². The van der Waals surface area contributed by atoms with E-state index in [9.17, 15) is 23.2 Å². The van der Waals surface area contributed by atoms with Gasteiger partial charge < -0.3 is 24.8 Å². The summed E-state index contributed by atoms with van der Waals surface area (Å²) >= 11 is 0. The lowest BCUT2D eigenvalue weighted by Crippen LogP contribution is -2.47. The van der Waals surface area contributed by atoms with E-state index in [1.807, 2.05) is 0 Å². The van der Waals surface area contributed by atoms with Crippen LogP contribution >= 0.6 is 0 Å². The molecule has 0 spiro atoms. The maximum Gasteiger partial charge on any atom is 0.387 e. The second-order valence-electron chi connectivity index (χ2n) is 6.94. The summed E-state index contributed by atoms with van der Waals surface area (Å²) in [6.45, 7) is -1.53. The Labute approximate surface area is 194 Å². The van der Waals surface area contributed by atoms with Gasteiger partial charge in [0.2, 0.25) is 0 Å². The molecule has 34 heavy (non-hydrogen) atoms. The number of nitrogens with one attached hydrogen (secondary N) is 2. The fraction of sp³-hybridized carbons (Fsp3) is 0.208. The van der Waals surface area contributed by atoms with Crippen molar-refractivity contribution >= 4 is 24.0 Å². The highest BCUT2D eigenvalue weighted by Crippen LogP contribution is 2.27. The first-order valence-electron chi connectivity index (χ1n) is 10.3. The predicted molar refractivity (Wildman–Crippen MR) is 118 cm³/mol. The number of hydrogen-bond acceptors (Lipinski definition) is 6. The molecule has 0 fully saturated rings. The molecule has 0 radical (unpaired) electrons. The van der Waals surface area contributed by atoms with Crippen molar-refractivity contribution in [1.82, 2.24) is 10.6 Å². The zero-order chi connectivity index (χ0) is 24.5. The number of esters is 2. The standard InChI is InChI=1S/C24H22F2N2O6/c1-2-32-22(30)20-18(27-24(31)28-21(20)16-6-4-3-5-7-16)14-33-19(29)13-10-15-8-11-17(12-9-15)34-23(25)26/h3-13,21,23H,2,14H2,1H3,(H2,27,28,31)/b13-10+. The summed E-state index contributed by atoms with van der Waals surface area (Å²) in [5.74, 6) is -1.41. The molecule has 2 amide bonds. The lowest BCUT2D eigenvalue weighted by atomic mass is 9.95. The first-order chi connectivity index (χ1) is 16.4. The number of alkyl halides is 2. The van der Waals surface area contributed by atoms with E-state index in [1.54, 1.807) is 37.3 Å². The molecule has 0 saturated heterocycles. The van der Waals surface area contributed by atoms with Gasteiger partial charge in [-0.15, -0.1) is 0 Å². The molecule has 10 heteroatoms. The molecule has 0 aromatic heterocycles. The molecule has 1 atom stereocenters. The number of rotatable bonds is 9. The quantitative estimate of drug-likeness (QED) is 0.426. The molecule has 3 rings (SSSR count). The summed E-state index contributed by atoms with van der Waals surface area (Å²) in [5.41, 5.74) is 1.43. The van der Waals surface area contributed by atoms with Gasteiger partial charge in [0.25, 0.3) is 0 Å². The zero-order valence-corrected chi connectivity index (χ0v) is 18.1. The Balaban J connectivity index is 1.74. The monoisotopic (exact) mass is 472 g/mol. The Kier molecular flexibility index (Phi) is 8.33. The van der Waals surface area contributed by atoms with E-state index in [1.165, 1.54) is 30.3 Å². The normalized spacial score (nSPS) is 15.6. The summed E-state index contributed by atoms with van der Waals surface area (Å²) in [6.07, 6.45) is 2.55. The Morgan fingerprint density at radius 1 is 1.06 bits per heavy atom. The number of benzene rings is 2. The highest BCUT2D eigenvalue weighted by Gasteiger charge is 2.34. The lowest BCUT2D eigenvalue weighted by Gasteiger charge is -2.29. The van der Waals surface area contributed by atoms with Crippen LogP contribution in [-0.4, -0.2) is 37.8 Å². The zero-order valence-electron chi connectivity index (χ0n) is 18.1. The van der Waals surface area contributed by atoms with Crippen LogP contribution in [0.15, 0.2) is 71.9 Å². The predicted octanol–water partition coefficient (Wildman–Crippen LogP) is 3.72. The molecular formula is C24H22F2N2O6. The second-order valence-corrected chi connectivity index (χ2v) is 6.94. The smallest absolute Gasteiger partial charge is 0.387 e. The Bertz CT molecular complexity index is 1080. The van der Waals surface area contributed by atoms with Crippen LogP contribution in [0.5, 0.6) is 5.75 Å². The number of urea groups is 1. The molecule has 0 aliphatic carbocycles. The highest BCUT2D eigenvalue weighted by molar-refractivity contribution is 5.95. The molecule has 1 aliphatic heterocycles. The second kappa shape index (κ2) is 11.6. The molecule has 2 aromatic carbocycles. The molecule has 2 N–H and O–H groups in total. The number of carbonyl (C=O) groups is 3. The number of halogens is 2. The maximum absolute atomic E-state index is 12.7. The van der Waals surface area contributed by atoms with Crippen molar-refractivity contribution in [2.75, 3.05) is 13.2 Å². The molecule has 0 saturated carbocycles. The Morgan fingerprint density at radius 3 is 2.41 bits per heavy atom. The molecule has 1 unspecified atom stereocenters. The van der Waals surface area contributed by atoms with E-state index >= 15 is 0 Å². The van der Waals surface area contributed by atoms with Gasteiger partial charge in [-0.1, -0.05) is 42.5 Å². The summed E-state index contributed by atoms with van der Waals surface area (Å²) < 4.78 is 39.1. The molecule has 178 valence electrons. The third-order valence-electron chi connectivity index (χ3n) is 4.66. The first-order valence-corrected chi connectivity index (χ1v) is 10.3. The van der Waals surface area contributed by atoms with Gasteiger partial charge in [0.05, 0.1) is 23.9 Å². The Hall–Kier alpha value is -4.21. The van der Waals surface area contributed by atoms with Crippen molar-refractivity contribution < 1.29 is 37.4 Å². The molecule has 2 aromatic rings. The molecule has 1 aliphatic rings. The highest BCUT2D eigenvalue weighted by atomic mass is 19.3. The maximum atomic E-state index is 12.7. The van der Waals surface area contributed by atoms with Gasteiger partial charge >= 0.3 is 24.6 Å². The minimum atomic E-state index is -2.93. The molecule has 8 nitrogen and oxygen atoms in total. The van der Waals surface area contributed by atoms with Gasteiger partial charge in [0.1, 0.15) is 12.4 Å². The third kappa shape index (κ3) is 6.64. The number of ether oxygens (including phenoxy) is 3. The molecule has 0 bridgehead atoms. The number of hydrogen-bond donors (Lipinski definition) is 2. The largest absolute Gasteiger partial charge is 0.463 e. The Morgan fingerprint density at radius 2 is 1.76 bits per heavy atom. The SMILES string of the molecule is CCOC(=O)C1=C(COC(=O)/C=C/c2ccc(OC(F)F)cc2)NC(=O)NC1c1ccccc1. The lowest BCUT2D eigenvalue weighted by molar-refractivity contribution is -0.140. The van der Waals surface area contributed by atoms with Crippen LogP contribution in [0.25, 0.3) is 6.08 Å². The minimum absolute atomic E-state index is 0.0113. The van der Waals surface area contributed by atoms with Gasteiger partial charge in [-0.05, 0) is 36.3 Å². The van der Waals surface area contributed by atoms with Crippen molar-refractivity contribution in [3.05, 3.63) is 83.1 Å². The van der Waals surface area contributed by atoms with Gasteiger partial charge in [-0.2, -0.15) is 8.78 Å². The third-order valence-corrected chi connectivity index (χ3v) is 4.66. The summed E-state index contributed by atoms with van der Waals surface area (Å²) in [6, 6.07) is 13.1. The topological polar surface area (TPSA) is 103 Å². The minimum Gasteiger partial charge on any atom is -0.463 e. The van der Waals surface area contributed by atoms with Gasteiger partial charge in [0.15, 0.2) is 0 Å². The van der Waals surface area contributed by atoms with Crippen molar-refractivity contribution in [2.24, 2.45) is 0 Å². The molecular weight excluding hydrogens is 450 g/mol. The van der Waals surface area contributed by atoms with E-state index in [2.05, 4.69) is 15.4 Å². The van der Waals surface area contributed by atoms with E-state index in [0.717, 1.165) is 6.08 Å². The fourth-order valence-corrected chi connectivity index (χ4v) is 3.19. The summed E-state index contributed by atoms with van der Waals surface area (Å²) in [7, 11) is 0. The van der Waals surface area contributed by atoms with Crippen LogP contribution in [-0.2, 0) is 19.1 Å². The van der Waals surface area contributed by atoms with Gasteiger partial charge in [-0.3, -0.25) is 0 Å². The van der Waals surface area contributed by atoms with Crippen LogP contribution in [0.2, 0.25) is 0 Å². The number of carbonyl (C=O) groups excluding carboxylic acids is 3. The average Bonchev–Trinajstić information content (AvgIpc) is 2.82. The van der Waals surface area contributed by atoms with Gasteiger partial charge in [0, 0.05) is 6.08 Å². The van der Waals surface area contributed by atoms with E-state index in [0.29, 0.717) is 11.1 Å². The van der Waals surface area contributed by atoms with Crippen LogP contribution in [0, 0.1) is 0 Å². The number of amides is 2. The van der Waals surface area contributed by atoms with Crippen molar-refractivity contribution in [2.45, 2.75) is 19.6 Å². The van der Waals surface area contributed by atoms with Gasteiger partial charge in [-0.25, -0.2) is 14.4 Å². The fourth-order valence-electron chi connectivity index (χ4n) is 3.19. The van der Waals surface area contributed by atoms with E-state index < -0.39 is 30.6 Å².